The van der Waals surface area contributed by atoms with Gasteiger partial charge < -0.3 is 4.74 Å². The SMILES string of the molecule is CCN(C(C)=O)c1nc(/C=C2\N=C(c3ccc(C)s3)OC2=O)cs1. The summed E-state index contributed by atoms with van der Waals surface area (Å²) in [5.41, 5.74) is 0.785. The maximum Gasteiger partial charge on any atom is 0.363 e. The highest BCUT2D eigenvalue weighted by Gasteiger charge is 2.25. The molecular formula is C16H15N3O3S2. The Hall–Kier alpha value is -2.32. The summed E-state index contributed by atoms with van der Waals surface area (Å²) in [6, 6.07) is 3.83. The summed E-state index contributed by atoms with van der Waals surface area (Å²) in [6.07, 6.45) is 1.57. The average Bonchev–Trinajstić information content (AvgIpc) is 3.22. The standard InChI is InChI=1S/C16H15N3O3S2/c1-4-19(10(3)20)16-17-11(8-23-16)7-12-15(21)22-14(18-12)13-6-5-9(2)24-13/h5-8H,4H2,1-3H3/b12-7-. The largest absolute Gasteiger partial charge is 0.401 e. The first-order valence-corrected chi connectivity index (χ1v) is 9.00. The minimum Gasteiger partial charge on any atom is -0.401 e. The van der Waals surface area contributed by atoms with Crippen molar-refractivity contribution in [2.45, 2.75) is 20.8 Å². The summed E-state index contributed by atoms with van der Waals surface area (Å²) in [6.45, 7) is 5.90. The van der Waals surface area contributed by atoms with Crippen molar-refractivity contribution in [3.05, 3.63) is 38.7 Å². The van der Waals surface area contributed by atoms with Crippen molar-refractivity contribution < 1.29 is 14.3 Å². The Labute approximate surface area is 147 Å². The first kappa shape index (κ1) is 16.5. The Bertz CT molecular complexity index is 864. The highest BCUT2D eigenvalue weighted by molar-refractivity contribution is 7.14. The molecule has 0 aliphatic carbocycles. The Kier molecular flexibility index (Phi) is 4.59. The Balaban J connectivity index is 1.86. The number of thiophene rings is 1. The fraction of sp³-hybridized carbons (Fsp3) is 0.250. The summed E-state index contributed by atoms with van der Waals surface area (Å²) in [4.78, 5) is 35.7. The zero-order valence-corrected chi connectivity index (χ0v) is 15.0. The second-order valence-corrected chi connectivity index (χ2v) is 7.19. The number of amides is 1. The van der Waals surface area contributed by atoms with Gasteiger partial charge in [0.1, 0.15) is 0 Å². The Morgan fingerprint density at radius 1 is 1.42 bits per heavy atom. The van der Waals surface area contributed by atoms with E-state index in [9.17, 15) is 9.59 Å². The number of aromatic nitrogens is 1. The lowest BCUT2D eigenvalue weighted by molar-refractivity contribution is -0.129. The summed E-state index contributed by atoms with van der Waals surface area (Å²) in [5.74, 6) is -0.247. The molecular weight excluding hydrogens is 346 g/mol. The van der Waals surface area contributed by atoms with Gasteiger partial charge in [0.05, 0.1) is 10.6 Å². The van der Waals surface area contributed by atoms with E-state index in [1.165, 1.54) is 29.6 Å². The predicted molar refractivity (Wildman–Crippen MR) is 95.5 cm³/mol. The summed E-state index contributed by atoms with van der Waals surface area (Å²) in [5, 5.41) is 2.38. The molecule has 0 saturated carbocycles. The highest BCUT2D eigenvalue weighted by atomic mass is 32.1. The van der Waals surface area contributed by atoms with Crippen LogP contribution in [-0.4, -0.2) is 29.3 Å². The molecule has 0 aromatic carbocycles. The van der Waals surface area contributed by atoms with Crippen molar-refractivity contribution in [3.8, 4) is 0 Å². The number of aryl methyl sites for hydroxylation is 1. The first-order valence-electron chi connectivity index (χ1n) is 7.31. The van der Waals surface area contributed by atoms with Crippen LogP contribution in [0.3, 0.4) is 0 Å². The monoisotopic (exact) mass is 361 g/mol. The number of hydrogen-bond acceptors (Lipinski definition) is 7. The molecule has 1 aliphatic rings. The minimum atomic E-state index is -0.496. The third-order valence-electron chi connectivity index (χ3n) is 3.29. The van der Waals surface area contributed by atoms with Gasteiger partial charge in [-0.15, -0.1) is 22.7 Å². The molecule has 0 saturated heterocycles. The van der Waals surface area contributed by atoms with E-state index in [0.29, 0.717) is 23.3 Å². The van der Waals surface area contributed by atoms with Crippen LogP contribution in [0.25, 0.3) is 6.08 Å². The number of anilines is 1. The van der Waals surface area contributed by atoms with Gasteiger partial charge in [-0.25, -0.2) is 14.8 Å². The molecule has 1 amide bonds. The first-order chi connectivity index (χ1) is 11.5. The van der Waals surface area contributed by atoms with Gasteiger partial charge >= 0.3 is 5.97 Å². The molecule has 3 rings (SSSR count). The number of cyclic esters (lactones) is 1. The minimum absolute atomic E-state index is 0.0697. The predicted octanol–water partition coefficient (Wildman–Crippen LogP) is 3.23. The van der Waals surface area contributed by atoms with Crippen LogP contribution in [0.15, 0.2) is 28.2 Å². The van der Waals surface area contributed by atoms with Crippen LogP contribution in [0.5, 0.6) is 0 Å². The van der Waals surface area contributed by atoms with Gasteiger partial charge in [0.25, 0.3) is 0 Å². The Morgan fingerprint density at radius 2 is 2.21 bits per heavy atom. The van der Waals surface area contributed by atoms with E-state index >= 15 is 0 Å². The maximum absolute atomic E-state index is 12.0. The number of rotatable bonds is 4. The zero-order valence-electron chi connectivity index (χ0n) is 13.4. The van der Waals surface area contributed by atoms with Crippen LogP contribution in [0, 0.1) is 6.92 Å². The molecule has 24 heavy (non-hydrogen) atoms. The number of hydrogen-bond donors (Lipinski definition) is 0. The third-order valence-corrected chi connectivity index (χ3v) is 5.16. The van der Waals surface area contributed by atoms with Crippen LogP contribution in [0.2, 0.25) is 0 Å². The quantitative estimate of drug-likeness (QED) is 0.619. The lowest BCUT2D eigenvalue weighted by atomic mass is 10.3. The Morgan fingerprint density at radius 3 is 2.83 bits per heavy atom. The van der Waals surface area contributed by atoms with Gasteiger partial charge in [0.15, 0.2) is 10.8 Å². The molecule has 2 aromatic rings. The van der Waals surface area contributed by atoms with Crippen LogP contribution in [-0.2, 0) is 14.3 Å². The molecule has 124 valence electrons. The van der Waals surface area contributed by atoms with Crippen molar-refractivity contribution in [2.75, 3.05) is 11.4 Å². The smallest absolute Gasteiger partial charge is 0.363 e. The molecule has 0 unspecified atom stereocenters. The fourth-order valence-electron chi connectivity index (χ4n) is 2.16. The van der Waals surface area contributed by atoms with Crippen LogP contribution in [0.1, 0.15) is 29.3 Å². The normalized spacial score (nSPS) is 15.5. The molecule has 0 spiro atoms. The van der Waals surface area contributed by atoms with Crippen molar-refractivity contribution >= 4 is 51.7 Å². The molecule has 1 aliphatic heterocycles. The molecule has 2 aromatic heterocycles. The van der Waals surface area contributed by atoms with Crippen LogP contribution >= 0.6 is 22.7 Å². The second-order valence-electron chi connectivity index (χ2n) is 5.06. The van der Waals surface area contributed by atoms with E-state index in [2.05, 4.69) is 9.98 Å². The summed E-state index contributed by atoms with van der Waals surface area (Å²) >= 11 is 2.86. The highest BCUT2D eigenvalue weighted by Crippen LogP contribution is 2.26. The van der Waals surface area contributed by atoms with E-state index in [1.54, 1.807) is 16.4 Å². The molecule has 0 radical (unpaired) electrons. The number of ether oxygens (including phenoxy) is 1. The fourth-order valence-corrected chi connectivity index (χ4v) is 3.85. The number of thiazole rings is 1. The number of nitrogens with zero attached hydrogens (tertiary/aromatic N) is 3. The van der Waals surface area contributed by atoms with Crippen molar-refractivity contribution in [3.63, 3.8) is 0 Å². The zero-order chi connectivity index (χ0) is 17.3. The van der Waals surface area contributed by atoms with Crippen molar-refractivity contribution in [1.82, 2.24) is 4.98 Å². The lowest BCUT2D eigenvalue weighted by Gasteiger charge is -2.14. The molecule has 8 heteroatoms. The van der Waals surface area contributed by atoms with Crippen LogP contribution < -0.4 is 4.90 Å². The van der Waals surface area contributed by atoms with E-state index < -0.39 is 5.97 Å². The van der Waals surface area contributed by atoms with Gasteiger partial charge in [-0.3, -0.25) is 9.69 Å². The van der Waals surface area contributed by atoms with E-state index in [4.69, 9.17) is 4.74 Å². The summed E-state index contributed by atoms with van der Waals surface area (Å²) < 4.78 is 5.22. The molecule has 3 heterocycles. The molecule has 6 nitrogen and oxygen atoms in total. The average molecular weight is 361 g/mol. The topological polar surface area (TPSA) is 71.9 Å². The molecule has 0 N–H and O–H groups in total. The molecule has 0 fully saturated rings. The van der Waals surface area contributed by atoms with Gasteiger partial charge in [-0.2, -0.15) is 0 Å². The van der Waals surface area contributed by atoms with Crippen molar-refractivity contribution in [2.24, 2.45) is 4.99 Å². The number of aliphatic imine (C=N–C) groups is 1. The van der Waals surface area contributed by atoms with Gasteiger partial charge in [-0.1, -0.05) is 0 Å². The lowest BCUT2D eigenvalue weighted by Crippen LogP contribution is -2.27. The summed E-state index contributed by atoms with van der Waals surface area (Å²) in [7, 11) is 0. The number of carbonyl (C=O) groups excluding carboxylic acids is 2. The number of esters is 1. The van der Waals surface area contributed by atoms with E-state index in [-0.39, 0.29) is 11.6 Å². The molecule has 0 atom stereocenters. The van der Waals surface area contributed by atoms with Gasteiger partial charge in [0, 0.05) is 23.7 Å². The third kappa shape index (κ3) is 3.29. The number of carbonyl (C=O) groups is 2. The van der Waals surface area contributed by atoms with Gasteiger partial charge in [-0.05, 0) is 32.1 Å². The van der Waals surface area contributed by atoms with Crippen LogP contribution in [0.4, 0.5) is 5.13 Å². The van der Waals surface area contributed by atoms with E-state index in [0.717, 1.165) is 9.75 Å². The van der Waals surface area contributed by atoms with Crippen molar-refractivity contribution in [1.29, 1.82) is 0 Å². The maximum atomic E-state index is 12.0. The molecule has 0 bridgehead atoms. The second kappa shape index (κ2) is 6.66. The van der Waals surface area contributed by atoms with E-state index in [1.807, 2.05) is 26.0 Å². The van der Waals surface area contributed by atoms with Gasteiger partial charge in [0.2, 0.25) is 11.8 Å².